The van der Waals surface area contributed by atoms with Crippen molar-refractivity contribution in [2.24, 2.45) is 20.0 Å². The summed E-state index contributed by atoms with van der Waals surface area (Å²) in [5.74, 6) is 1.27. The first-order chi connectivity index (χ1) is 15.0. The lowest BCUT2D eigenvalue weighted by molar-refractivity contribution is 0.262. The molecule has 3 aromatic heterocycles. The molecule has 1 unspecified atom stereocenters. The fraction of sp³-hybridized carbons (Fsp3) is 0.375. The minimum Gasteiger partial charge on any atom is -0.477 e. The third kappa shape index (κ3) is 3.44. The molecule has 160 valence electrons. The minimum atomic E-state index is 0.467. The van der Waals surface area contributed by atoms with Gasteiger partial charge in [-0.15, -0.1) is 0 Å². The van der Waals surface area contributed by atoms with Crippen LogP contribution in [0.25, 0.3) is 34.2 Å². The fourth-order valence-electron chi connectivity index (χ4n) is 4.41. The van der Waals surface area contributed by atoms with Crippen molar-refractivity contribution >= 4 is 23.1 Å². The lowest BCUT2D eigenvalue weighted by Crippen LogP contribution is -2.11. The molecule has 4 heterocycles. The van der Waals surface area contributed by atoms with E-state index in [-0.39, 0.29) is 0 Å². The summed E-state index contributed by atoms with van der Waals surface area (Å²) in [6, 6.07) is 6.29. The van der Waals surface area contributed by atoms with Crippen LogP contribution in [0.5, 0.6) is 5.88 Å². The minimum absolute atomic E-state index is 0.467. The highest BCUT2D eigenvalue weighted by molar-refractivity contribution is 5.93. The van der Waals surface area contributed by atoms with Crippen molar-refractivity contribution < 1.29 is 4.74 Å². The smallest absolute Gasteiger partial charge is 0.219 e. The van der Waals surface area contributed by atoms with Gasteiger partial charge < -0.3 is 4.74 Å². The van der Waals surface area contributed by atoms with E-state index in [1.807, 2.05) is 35.7 Å². The van der Waals surface area contributed by atoms with E-state index < -0.39 is 0 Å². The first kappa shape index (κ1) is 19.6. The van der Waals surface area contributed by atoms with E-state index in [1.54, 1.807) is 0 Å². The number of fused-ring (bicyclic) bond motifs is 4. The van der Waals surface area contributed by atoms with Crippen molar-refractivity contribution in [2.45, 2.75) is 33.1 Å². The number of hydrogen-bond donors (Lipinski definition) is 1. The molecular formula is C24H28N6O. The Morgan fingerprint density at radius 3 is 2.90 bits per heavy atom. The molecule has 0 amide bonds. The molecule has 0 radical (unpaired) electrons. The molecule has 4 aromatic rings. The zero-order valence-corrected chi connectivity index (χ0v) is 18.5. The maximum atomic E-state index is 6.24. The molecule has 1 aliphatic heterocycles. The van der Waals surface area contributed by atoms with Crippen LogP contribution < -0.4 is 4.74 Å². The topological polar surface area (TPSA) is 73.5 Å². The summed E-state index contributed by atoms with van der Waals surface area (Å²) in [5.41, 5.74) is 7.62. The van der Waals surface area contributed by atoms with Crippen LogP contribution in [0, 0.1) is 5.92 Å². The van der Waals surface area contributed by atoms with Crippen molar-refractivity contribution in [3.8, 4) is 17.0 Å². The van der Waals surface area contributed by atoms with Gasteiger partial charge >= 0.3 is 0 Å². The molecule has 5 rings (SSSR count). The van der Waals surface area contributed by atoms with E-state index in [4.69, 9.17) is 9.84 Å². The van der Waals surface area contributed by atoms with Gasteiger partial charge in [0.25, 0.3) is 0 Å². The number of nitrogens with zero attached hydrogens (tertiary/aromatic N) is 5. The molecule has 0 fully saturated rings. The zero-order valence-electron chi connectivity index (χ0n) is 18.5. The molecule has 0 aliphatic carbocycles. The number of aromatic amines is 1. The molecule has 1 N–H and O–H groups in total. The Morgan fingerprint density at radius 1 is 1.19 bits per heavy atom. The van der Waals surface area contributed by atoms with Crippen molar-refractivity contribution in [3.05, 3.63) is 47.0 Å². The number of ether oxygens (including phenoxy) is 1. The molecule has 7 nitrogen and oxygen atoms in total. The van der Waals surface area contributed by atoms with Crippen LogP contribution in [0.4, 0.5) is 0 Å². The van der Waals surface area contributed by atoms with Gasteiger partial charge in [0.15, 0.2) is 0 Å². The Balaban J connectivity index is 1.68. The van der Waals surface area contributed by atoms with E-state index in [1.165, 1.54) is 11.3 Å². The largest absolute Gasteiger partial charge is 0.477 e. The number of benzene rings is 1. The number of H-pyrrole nitrogens is 1. The summed E-state index contributed by atoms with van der Waals surface area (Å²) in [5, 5.41) is 18.0. The Hall–Kier alpha value is -3.35. The molecule has 7 heteroatoms. The Morgan fingerprint density at radius 2 is 2.06 bits per heavy atom. The lowest BCUT2D eigenvalue weighted by atomic mass is 9.98. The SMILES string of the molecule is CCc1nn(C)c2c1/C=C/c1[nH]nc3ccc(cc13)-c1cnn(C)c1OCCC(C)C2. The molecule has 31 heavy (non-hydrogen) atoms. The Labute approximate surface area is 181 Å². The van der Waals surface area contributed by atoms with Gasteiger partial charge in [0.05, 0.1) is 35.3 Å². The van der Waals surface area contributed by atoms with E-state index in [2.05, 4.69) is 53.4 Å². The van der Waals surface area contributed by atoms with Crippen LogP contribution in [-0.4, -0.2) is 36.4 Å². The maximum Gasteiger partial charge on any atom is 0.219 e. The Bertz CT molecular complexity index is 1270. The fourth-order valence-corrected chi connectivity index (χ4v) is 4.41. The summed E-state index contributed by atoms with van der Waals surface area (Å²) in [6.07, 6.45) is 9.02. The van der Waals surface area contributed by atoms with E-state index in [9.17, 15) is 0 Å². The number of aryl methyl sites for hydroxylation is 3. The summed E-state index contributed by atoms with van der Waals surface area (Å²) in [4.78, 5) is 0. The van der Waals surface area contributed by atoms with E-state index >= 15 is 0 Å². The van der Waals surface area contributed by atoms with Crippen LogP contribution in [0.3, 0.4) is 0 Å². The van der Waals surface area contributed by atoms with E-state index in [0.29, 0.717) is 12.5 Å². The molecule has 0 saturated carbocycles. The second-order valence-corrected chi connectivity index (χ2v) is 8.42. The van der Waals surface area contributed by atoms with Gasteiger partial charge in [-0.2, -0.15) is 15.3 Å². The molecule has 1 aliphatic rings. The van der Waals surface area contributed by atoms with Gasteiger partial charge in [-0.05, 0) is 55.0 Å². The number of hydrogen-bond acceptors (Lipinski definition) is 4. The lowest BCUT2D eigenvalue weighted by Gasteiger charge is -2.14. The third-order valence-electron chi connectivity index (χ3n) is 6.20. The van der Waals surface area contributed by atoms with Crippen LogP contribution in [0.2, 0.25) is 0 Å². The van der Waals surface area contributed by atoms with Crippen LogP contribution >= 0.6 is 0 Å². The van der Waals surface area contributed by atoms with Gasteiger partial charge in [-0.25, -0.2) is 4.68 Å². The number of aromatic nitrogens is 6. The third-order valence-corrected chi connectivity index (χ3v) is 6.20. The summed E-state index contributed by atoms with van der Waals surface area (Å²) in [6.45, 7) is 5.09. The predicted molar refractivity (Wildman–Crippen MR) is 123 cm³/mol. The highest BCUT2D eigenvalue weighted by atomic mass is 16.5. The summed E-state index contributed by atoms with van der Waals surface area (Å²) in [7, 11) is 3.97. The summed E-state index contributed by atoms with van der Waals surface area (Å²) >= 11 is 0. The van der Waals surface area contributed by atoms with Gasteiger partial charge in [0.2, 0.25) is 5.88 Å². The van der Waals surface area contributed by atoms with Gasteiger partial charge in [-0.3, -0.25) is 9.78 Å². The second kappa shape index (κ2) is 7.72. The van der Waals surface area contributed by atoms with Crippen LogP contribution in [0.1, 0.15) is 42.9 Å². The second-order valence-electron chi connectivity index (χ2n) is 8.42. The average Bonchev–Trinajstić information content (AvgIpc) is 3.42. The molecular weight excluding hydrogens is 388 g/mol. The van der Waals surface area contributed by atoms with Gasteiger partial charge in [0, 0.05) is 30.7 Å². The van der Waals surface area contributed by atoms with Crippen molar-refractivity contribution in [1.82, 2.24) is 29.8 Å². The van der Waals surface area contributed by atoms with Crippen molar-refractivity contribution in [2.75, 3.05) is 6.61 Å². The van der Waals surface area contributed by atoms with E-state index in [0.717, 1.165) is 58.6 Å². The highest BCUT2D eigenvalue weighted by Gasteiger charge is 2.18. The summed E-state index contributed by atoms with van der Waals surface area (Å²) < 4.78 is 10.1. The average molecular weight is 417 g/mol. The molecule has 2 bridgehead atoms. The van der Waals surface area contributed by atoms with Crippen LogP contribution in [0.15, 0.2) is 24.4 Å². The number of nitrogens with one attached hydrogen (secondary N) is 1. The molecule has 1 aromatic carbocycles. The van der Waals surface area contributed by atoms with Crippen molar-refractivity contribution in [3.63, 3.8) is 0 Å². The predicted octanol–water partition coefficient (Wildman–Crippen LogP) is 4.39. The molecule has 0 spiro atoms. The zero-order chi connectivity index (χ0) is 21.5. The Kier molecular flexibility index (Phi) is 4.88. The quantitative estimate of drug-likeness (QED) is 0.499. The highest BCUT2D eigenvalue weighted by Crippen LogP contribution is 2.33. The maximum absolute atomic E-state index is 6.24. The first-order valence-electron chi connectivity index (χ1n) is 10.9. The van der Waals surface area contributed by atoms with Crippen LogP contribution in [-0.2, 0) is 26.9 Å². The normalized spacial score (nSPS) is 17.6. The standard InChI is InChI=1S/C24H28N6O/c1-5-20-17-7-9-22-18-13-16(6-8-21(18)26-27-22)19-14-25-30(4)24(19)31-11-10-15(2)12-23(17)29(3)28-20/h6-9,13-15H,5,10-12H2,1-4H3,(H,26,27)/b9-7+. The van der Waals surface area contributed by atoms with Crippen molar-refractivity contribution in [1.29, 1.82) is 0 Å². The van der Waals surface area contributed by atoms with Gasteiger partial charge in [-0.1, -0.05) is 19.9 Å². The molecule has 0 saturated heterocycles. The number of rotatable bonds is 1. The first-order valence-corrected chi connectivity index (χ1v) is 10.9. The monoisotopic (exact) mass is 416 g/mol. The molecule has 1 atom stereocenters. The van der Waals surface area contributed by atoms with Gasteiger partial charge in [0.1, 0.15) is 0 Å².